The molecular weight excluding hydrogens is 312 g/mol. The third-order valence-electron chi connectivity index (χ3n) is 4.16. The summed E-state index contributed by atoms with van der Waals surface area (Å²) in [6.45, 7) is 8.02. The predicted molar refractivity (Wildman–Crippen MR) is 99.0 cm³/mol. The number of carbonyl (C=O) groups excluding carboxylic acids is 1. The summed E-state index contributed by atoms with van der Waals surface area (Å²) in [5.74, 6) is -0.0573. The topological polar surface area (TPSA) is 52.7 Å². The van der Waals surface area contributed by atoms with E-state index in [9.17, 15) is 4.79 Å². The Bertz CT molecular complexity index is 917. The normalized spacial score (nSPS) is 11.6. The van der Waals surface area contributed by atoms with Gasteiger partial charge in [0.25, 0.3) is 0 Å². The minimum absolute atomic E-state index is 0.0573. The van der Waals surface area contributed by atoms with Crippen molar-refractivity contribution in [1.82, 2.24) is 19.6 Å². The van der Waals surface area contributed by atoms with Crippen molar-refractivity contribution in [1.29, 1.82) is 0 Å². The van der Waals surface area contributed by atoms with Crippen LogP contribution in [0.1, 0.15) is 47.2 Å². The van der Waals surface area contributed by atoms with Crippen LogP contribution in [0.4, 0.5) is 0 Å². The molecule has 0 amide bonds. The molecule has 3 aromatic rings. The lowest BCUT2D eigenvalue weighted by molar-refractivity contribution is 0.104. The number of hydrogen-bond donors (Lipinski definition) is 0. The third-order valence-corrected chi connectivity index (χ3v) is 4.16. The molecule has 0 aliphatic rings. The smallest absolute Gasteiger partial charge is 0.189 e. The highest BCUT2D eigenvalue weighted by Gasteiger charge is 2.12. The van der Waals surface area contributed by atoms with Gasteiger partial charge < -0.3 is 0 Å². The highest BCUT2D eigenvalue weighted by Crippen LogP contribution is 2.19. The minimum atomic E-state index is -0.0573. The molecule has 0 saturated heterocycles. The van der Waals surface area contributed by atoms with Gasteiger partial charge in [0.05, 0.1) is 23.1 Å². The van der Waals surface area contributed by atoms with E-state index in [1.54, 1.807) is 23.2 Å². The summed E-state index contributed by atoms with van der Waals surface area (Å²) in [4.78, 5) is 12.4. The van der Waals surface area contributed by atoms with Crippen LogP contribution >= 0.6 is 0 Å². The zero-order valence-electron chi connectivity index (χ0n) is 15.0. The van der Waals surface area contributed by atoms with Gasteiger partial charge in [-0.2, -0.15) is 10.2 Å². The molecular formula is C20H22N4O. The van der Waals surface area contributed by atoms with Crippen molar-refractivity contribution >= 4 is 11.9 Å². The van der Waals surface area contributed by atoms with Crippen molar-refractivity contribution in [3.05, 3.63) is 71.3 Å². The lowest BCUT2D eigenvalue weighted by Gasteiger charge is -2.03. The van der Waals surface area contributed by atoms with Crippen LogP contribution in [0.15, 0.2) is 48.8 Å². The lowest BCUT2D eigenvalue weighted by atomic mass is 10.1. The highest BCUT2D eigenvalue weighted by molar-refractivity contribution is 6.06. The zero-order valence-corrected chi connectivity index (χ0v) is 15.0. The number of nitrogens with zero attached hydrogens (tertiary/aromatic N) is 4. The number of carbonyl (C=O) groups is 1. The van der Waals surface area contributed by atoms with E-state index < -0.39 is 0 Å². The van der Waals surface area contributed by atoms with Crippen LogP contribution in [-0.4, -0.2) is 25.3 Å². The van der Waals surface area contributed by atoms with E-state index in [-0.39, 0.29) is 11.8 Å². The summed E-state index contributed by atoms with van der Waals surface area (Å²) in [6, 6.07) is 10.2. The molecule has 0 spiro atoms. The SMILES string of the molecule is Cc1nn(-c2ccccc2)c(C)c1C=CC(=O)c1cnn(C(C)C)c1. The summed E-state index contributed by atoms with van der Waals surface area (Å²) < 4.78 is 3.68. The number of benzene rings is 1. The Morgan fingerprint density at radius 2 is 1.88 bits per heavy atom. The summed E-state index contributed by atoms with van der Waals surface area (Å²) in [5, 5.41) is 8.81. The lowest BCUT2D eigenvalue weighted by Crippen LogP contribution is -2.00. The quantitative estimate of drug-likeness (QED) is 0.520. The standard InChI is InChI=1S/C20H22N4O/c1-14(2)23-13-17(12-21-23)20(25)11-10-19-15(3)22-24(16(19)4)18-8-6-5-7-9-18/h5-14H,1-4H3. The molecule has 0 aliphatic heterocycles. The Labute approximate surface area is 147 Å². The Kier molecular flexibility index (Phi) is 4.65. The Hall–Kier alpha value is -2.95. The predicted octanol–water partition coefficient (Wildman–Crippen LogP) is 4.16. The number of aromatic nitrogens is 4. The molecule has 2 heterocycles. The highest BCUT2D eigenvalue weighted by atomic mass is 16.1. The van der Waals surface area contributed by atoms with E-state index >= 15 is 0 Å². The second-order valence-corrected chi connectivity index (χ2v) is 6.33. The van der Waals surface area contributed by atoms with E-state index in [1.807, 2.05) is 68.8 Å². The Balaban J connectivity index is 1.86. The molecule has 2 aromatic heterocycles. The first-order chi connectivity index (χ1) is 12.0. The summed E-state index contributed by atoms with van der Waals surface area (Å²) in [7, 11) is 0. The van der Waals surface area contributed by atoms with Crippen LogP contribution in [0.3, 0.4) is 0 Å². The Morgan fingerprint density at radius 3 is 2.52 bits per heavy atom. The average Bonchev–Trinajstić information content (AvgIpc) is 3.20. The van der Waals surface area contributed by atoms with Crippen LogP contribution in [0.25, 0.3) is 11.8 Å². The number of hydrogen-bond acceptors (Lipinski definition) is 3. The molecule has 0 unspecified atom stereocenters. The van der Waals surface area contributed by atoms with Gasteiger partial charge in [-0.15, -0.1) is 0 Å². The average molecular weight is 334 g/mol. The molecule has 1 aromatic carbocycles. The monoisotopic (exact) mass is 334 g/mol. The van der Waals surface area contributed by atoms with E-state index in [2.05, 4.69) is 10.2 Å². The fraction of sp³-hybridized carbons (Fsp3) is 0.250. The van der Waals surface area contributed by atoms with Gasteiger partial charge in [0.1, 0.15) is 0 Å². The van der Waals surface area contributed by atoms with Crippen molar-refractivity contribution in [3.63, 3.8) is 0 Å². The number of aryl methyl sites for hydroxylation is 1. The third kappa shape index (κ3) is 3.45. The Morgan fingerprint density at radius 1 is 1.16 bits per heavy atom. The number of allylic oxidation sites excluding steroid dienone is 1. The van der Waals surface area contributed by atoms with Crippen LogP contribution in [0, 0.1) is 13.8 Å². The number of ketones is 1. The first-order valence-corrected chi connectivity index (χ1v) is 8.35. The van der Waals surface area contributed by atoms with E-state index in [0.29, 0.717) is 5.56 Å². The van der Waals surface area contributed by atoms with Gasteiger partial charge in [0.2, 0.25) is 0 Å². The first-order valence-electron chi connectivity index (χ1n) is 8.35. The van der Waals surface area contributed by atoms with Gasteiger partial charge in [-0.25, -0.2) is 4.68 Å². The van der Waals surface area contributed by atoms with E-state index in [4.69, 9.17) is 0 Å². The van der Waals surface area contributed by atoms with Gasteiger partial charge in [0.15, 0.2) is 5.78 Å². The van der Waals surface area contributed by atoms with Crippen molar-refractivity contribution in [2.45, 2.75) is 33.7 Å². The van der Waals surface area contributed by atoms with Gasteiger partial charge in [-0.3, -0.25) is 9.48 Å². The van der Waals surface area contributed by atoms with Gasteiger partial charge in [-0.1, -0.05) is 18.2 Å². The van der Waals surface area contributed by atoms with Crippen molar-refractivity contribution in [3.8, 4) is 5.69 Å². The second-order valence-electron chi connectivity index (χ2n) is 6.33. The van der Waals surface area contributed by atoms with Crippen molar-refractivity contribution in [2.24, 2.45) is 0 Å². The molecule has 128 valence electrons. The largest absolute Gasteiger partial charge is 0.289 e. The summed E-state index contributed by atoms with van der Waals surface area (Å²) in [5.41, 5.74) is 4.46. The van der Waals surface area contributed by atoms with Gasteiger partial charge in [-0.05, 0) is 52.0 Å². The van der Waals surface area contributed by atoms with E-state index in [1.165, 1.54) is 0 Å². The molecule has 0 radical (unpaired) electrons. The maximum atomic E-state index is 12.4. The molecule has 3 rings (SSSR count). The molecule has 0 atom stereocenters. The maximum absolute atomic E-state index is 12.4. The molecule has 0 fully saturated rings. The molecule has 0 bridgehead atoms. The van der Waals surface area contributed by atoms with Crippen LogP contribution < -0.4 is 0 Å². The van der Waals surface area contributed by atoms with Crippen molar-refractivity contribution in [2.75, 3.05) is 0 Å². The van der Waals surface area contributed by atoms with E-state index in [0.717, 1.165) is 22.6 Å². The fourth-order valence-electron chi connectivity index (χ4n) is 2.72. The maximum Gasteiger partial charge on any atom is 0.189 e. The molecule has 0 aliphatic carbocycles. The van der Waals surface area contributed by atoms with Crippen LogP contribution in [0.2, 0.25) is 0 Å². The molecule has 5 nitrogen and oxygen atoms in total. The molecule has 0 saturated carbocycles. The van der Waals surface area contributed by atoms with Crippen molar-refractivity contribution < 1.29 is 4.79 Å². The minimum Gasteiger partial charge on any atom is -0.289 e. The fourth-order valence-corrected chi connectivity index (χ4v) is 2.72. The summed E-state index contributed by atoms with van der Waals surface area (Å²) in [6.07, 6.45) is 6.82. The second kappa shape index (κ2) is 6.89. The van der Waals surface area contributed by atoms with Crippen LogP contribution in [0.5, 0.6) is 0 Å². The molecule has 0 N–H and O–H groups in total. The van der Waals surface area contributed by atoms with Gasteiger partial charge >= 0.3 is 0 Å². The number of rotatable bonds is 5. The zero-order chi connectivity index (χ0) is 18.0. The molecule has 25 heavy (non-hydrogen) atoms. The first kappa shape index (κ1) is 16.9. The summed E-state index contributed by atoms with van der Waals surface area (Å²) >= 11 is 0. The van der Waals surface area contributed by atoms with Crippen LogP contribution in [-0.2, 0) is 0 Å². The van der Waals surface area contributed by atoms with Gasteiger partial charge in [0, 0.05) is 23.5 Å². The molecule has 5 heteroatoms. The number of para-hydroxylation sites is 1.